The van der Waals surface area contributed by atoms with Crippen LogP contribution in [0.5, 0.6) is 5.88 Å². The van der Waals surface area contributed by atoms with E-state index < -0.39 is 0 Å². The SMILES string of the molecule is CC(C)=Cc1nc(OC2CCN(C3CCC3)CC2)ccc1C#N. The lowest BCUT2D eigenvalue weighted by Crippen LogP contribution is -2.46. The molecule has 0 radical (unpaired) electrons. The van der Waals surface area contributed by atoms with Gasteiger partial charge in [0.15, 0.2) is 0 Å². The Morgan fingerprint density at radius 3 is 2.57 bits per heavy atom. The molecule has 3 rings (SSSR count). The van der Waals surface area contributed by atoms with E-state index in [0.29, 0.717) is 17.1 Å². The number of pyridine rings is 1. The van der Waals surface area contributed by atoms with Gasteiger partial charge in [0.2, 0.25) is 5.88 Å². The fraction of sp³-hybridized carbons (Fsp3) is 0.579. The standard InChI is InChI=1S/C19H25N3O/c1-14(2)12-18-15(13-20)6-7-19(21-18)23-17-8-10-22(11-9-17)16-4-3-5-16/h6-7,12,16-17H,3-5,8-11H2,1-2H3. The quantitative estimate of drug-likeness (QED) is 0.849. The first-order valence-corrected chi connectivity index (χ1v) is 8.62. The number of aromatic nitrogens is 1. The van der Waals surface area contributed by atoms with Crippen LogP contribution < -0.4 is 4.74 Å². The van der Waals surface area contributed by atoms with E-state index in [1.165, 1.54) is 19.3 Å². The topological polar surface area (TPSA) is 49.1 Å². The molecular weight excluding hydrogens is 286 g/mol. The molecule has 2 heterocycles. The van der Waals surface area contributed by atoms with E-state index in [4.69, 9.17) is 4.74 Å². The fourth-order valence-electron chi connectivity index (χ4n) is 3.28. The second-order valence-electron chi connectivity index (χ2n) is 6.85. The summed E-state index contributed by atoms with van der Waals surface area (Å²) in [5, 5.41) is 9.19. The average Bonchev–Trinajstić information content (AvgIpc) is 2.47. The molecule has 1 aliphatic heterocycles. The van der Waals surface area contributed by atoms with Crippen molar-refractivity contribution < 1.29 is 4.74 Å². The normalized spacial score (nSPS) is 19.7. The van der Waals surface area contributed by atoms with Gasteiger partial charge in [-0.1, -0.05) is 12.0 Å². The molecule has 2 aliphatic rings. The maximum Gasteiger partial charge on any atom is 0.214 e. The van der Waals surface area contributed by atoms with Gasteiger partial charge in [-0.3, -0.25) is 0 Å². The predicted octanol–water partition coefficient (Wildman–Crippen LogP) is 3.77. The summed E-state index contributed by atoms with van der Waals surface area (Å²) in [6, 6.07) is 6.65. The summed E-state index contributed by atoms with van der Waals surface area (Å²) in [5.41, 5.74) is 2.43. The molecule has 1 aromatic heterocycles. The average molecular weight is 311 g/mol. The van der Waals surface area contributed by atoms with Crippen LogP contribution in [0.4, 0.5) is 0 Å². The molecule has 0 aromatic carbocycles. The molecule has 0 atom stereocenters. The second-order valence-corrected chi connectivity index (χ2v) is 6.85. The van der Waals surface area contributed by atoms with E-state index in [9.17, 15) is 5.26 Å². The van der Waals surface area contributed by atoms with Gasteiger partial charge in [0, 0.05) is 25.2 Å². The van der Waals surface area contributed by atoms with Gasteiger partial charge in [0.05, 0.1) is 11.3 Å². The predicted molar refractivity (Wildman–Crippen MR) is 91.1 cm³/mol. The van der Waals surface area contributed by atoms with Crippen LogP contribution in [0, 0.1) is 11.3 Å². The smallest absolute Gasteiger partial charge is 0.214 e. The van der Waals surface area contributed by atoms with Crippen LogP contribution in [0.3, 0.4) is 0 Å². The Bertz CT molecular complexity index is 616. The number of nitrogens with zero attached hydrogens (tertiary/aromatic N) is 3. The molecule has 0 bridgehead atoms. The maximum atomic E-state index is 9.19. The summed E-state index contributed by atoms with van der Waals surface area (Å²) >= 11 is 0. The van der Waals surface area contributed by atoms with Gasteiger partial charge < -0.3 is 9.64 Å². The van der Waals surface area contributed by atoms with Crippen LogP contribution in [0.15, 0.2) is 17.7 Å². The van der Waals surface area contributed by atoms with Gasteiger partial charge in [-0.05, 0) is 51.7 Å². The largest absolute Gasteiger partial charge is 0.474 e. The fourth-order valence-corrected chi connectivity index (χ4v) is 3.28. The molecule has 0 unspecified atom stereocenters. The van der Waals surface area contributed by atoms with Crippen molar-refractivity contribution in [2.45, 2.75) is 58.1 Å². The molecule has 2 fully saturated rings. The van der Waals surface area contributed by atoms with Crippen molar-refractivity contribution >= 4 is 6.08 Å². The van der Waals surface area contributed by atoms with Crippen molar-refractivity contribution in [3.05, 3.63) is 29.0 Å². The van der Waals surface area contributed by atoms with Crippen molar-refractivity contribution in [2.24, 2.45) is 0 Å². The molecule has 0 spiro atoms. The lowest BCUT2D eigenvalue weighted by Gasteiger charge is -2.41. The van der Waals surface area contributed by atoms with Gasteiger partial charge in [0.25, 0.3) is 0 Å². The first-order valence-electron chi connectivity index (χ1n) is 8.62. The Hall–Kier alpha value is -1.86. The highest BCUT2D eigenvalue weighted by atomic mass is 16.5. The lowest BCUT2D eigenvalue weighted by molar-refractivity contribution is 0.0475. The molecule has 1 aliphatic carbocycles. The van der Waals surface area contributed by atoms with Gasteiger partial charge >= 0.3 is 0 Å². The highest BCUT2D eigenvalue weighted by molar-refractivity contribution is 5.56. The first kappa shape index (κ1) is 16.0. The number of likely N-dealkylation sites (tertiary alicyclic amines) is 1. The Kier molecular flexibility index (Phi) is 4.97. The zero-order valence-corrected chi connectivity index (χ0v) is 14.1. The highest BCUT2D eigenvalue weighted by Crippen LogP contribution is 2.28. The molecule has 4 nitrogen and oxygen atoms in total. The molecular formula is C19H25N3O. The molecule has 23 heavy (non-hydrogen) atoms. The Balaban J connectivity index is 1.62. The number of piperidine rings is 1. The first-order chi connectivity index (χ1) is 11.2. The van der Waals surface area contributed by atoms with Crippen molar-refractivity contribution in [3.63, 3.8) is 0 Å². The maximum absolute atomic E-state index is 9.19. The Morgan fingerprint density at radius 1 is 1.26 bits per heavy atom. The van der Waals surface area contributed by atoms with E-state index in [1.807, 2.05) is 26.0 Å². The Labute approximate surface area is 138 Å². The molecule has 1 saturated carbocycles. The Morgan fingerprint density at radius 2 is 2.00 bits per heavy atom. The molecule has 1 aromatic rings. The van der Waals surface area contributed by atoms with E-state index in [2.05, 4.69) is 16.0 Å². The third-order valence-electron chi connectivity index (χ3n) is 4.80. The van der Waals surface area contributed by atoms with Crippen molar-refractivity contribution in [1.29, 1.82) is 5.26 Å². The van der Waals surface area contributed by atoms with Gasteiger partial charge in [0.1, 0.15) is 12.2 Å². The summed E-state index contributed by atoms with van der Waals surface area (Å²) < 4.78 is 6.08. The third-order valence-corrected chi connectivity index (χ3v) is 4.80. The van der Waals surface area contributed by atoms with E-state index in [0.717, 1.165) is 37.5 Å². The van der Waals surface area contributed by atoms with Gasteiger partial charge in [-0.25, -0.2) is 4.98 Å². The summed E-state index contributed by atoms with van der Waals surface area (Å²) in [4.78, 5) is 7.14. The minimum Gasteiger partial charge on any atom is -0.474 e. The number of hydrogen-bond acceptors (Lipinski definition) is 4. The van der Waals surface area contributed by atoms with Crippen LogP contribution in [-0.4, -0.2) is 35.1 Å². The highest BCUT2D eigenvalue weighted by Gasteiger charge is 2.29. The zero-order chi connectivity index (χ0) is 16.2. The minimum absolute atomic E-state index is 0.242. The summed E-state index contributed by atoms with van der Waals surface area (Å²) in [6.07, 6.45) is 8.44. The van der Waals surface area contributed by atoms with Crippen LogP contribution in [0.1, 0.15) is 57.2 Å². The summed E-state index contributed by atoms with van der Waals surface area (Å²) in [7, 11) is 0. The number of nitriles is 1. The van der Waals surface area contributed by atoms with Crippen molar-refractivity contribution in [2.75, 3.05) is 13.1 Å². The number of allylic oxidation sites excluding steroid dienone is 1. The van der Waals surface area contributed by atoms with E-state index >= 15 is 0 Å². The molecule has 0 N–H and O–H groups in total. The second kappa shape index (κ2) is 7.14. The number of rotatable bonds is 4. The molecule has 4 heteroatoms. The van der Waals surface area contributed by atoms with E-state index in [1.54, 1.807) is 6.07 Å². The van der Waals surface area contributed by atoms with Crippen LogP contribution in [0.2, 0.25) is 0 Å². The summed E-state index contributed by atoms with van der Waals surface area (Å²) in [5.74, 6) is 0.638. The van der Waals surface area contributed by atoms with Crippen molar-refractivity contribution in [1.82, 2.24) is 9.88 Å². The van der Waals surface area contributed by atoms with Gasteiger partial charge in [-0.2, -0.15) is 5.26 Å². The van der Waals surface area contributed by atoms with Crippen LogP contribution in [0.25, 0.3) is 6.08 Å². The zero-order valence-electron chi connectivity index (χ0n) is 14.1. The summed E-state index contributed by atoms with van der Waals surface area (Å²) in [6.45, 7) is 6.28. The number of hydrogen-bond donors (Lipinski definition) is 0. The van der Waals surface area contributed by atoms with Crippen LogP contribution >= 0.6 is 0 Å². The van der Waals surface area contributed by atoms with Gasteiger partial charge in [-0.15, -0.1) is 0 Å². The van der Waals surface area contributed by atoms with E-state index in [-0.39, 0.29) is 6.10 Å². The monoisotopic (exact) mass is 311 g/mol. The number of ether oxygens (including phenoxy) is 1. The minimum atomic E-state index is 0.242. The molecule has 1 saturated heterocycles. The van der Waals surface area contributed by atoms with Crippen LogP contribution in [-0.2, 0) is 0 Å². The molecule has 0 amide bonds. The lowest BCUT2D eigenvalue weighted by atomic mass is 9.90. The third kappa shape index (κ3) is 3.92. The molecule has 122 valence electrons. The van der Waals surface area contributed by atoms with Crippen molar-refractivity contribution in [3.8, 4) is 11.9 Å².